The van der Waals surface area contributed by atoms with E-state index in [0.29, 0.717) is 16.4 Å². The molecule has 2 rings (SSSR count). The number of rotatable bonds is 4. The monoisotopic (exact) mass is 317 g/mol. The zero-order chi connectivity index (χ0) is 16.3. The molecule has 0 saturated heterocycles. The van der Waals surface area contributed by atoms with Gasteiger partial charge >= 0.3 is 0 Å². The van der Waals surface area contributed by atoms with Crippen molar-refractivity contribution in [2.45, 2.75) is 6.92 Å². The zero-order valence-corrected chi connectivity index (χ0v) is 12.6. The quantitative estimate of drug-likeness (QED) is 0.676. The highest BCUT2D eigenvalue weighted by molar-refractivity contribution is 6.32. The van der Waals surface area contributed by atoms with Gasteiger partial charge in [-0.05, 0) is 19.1 Å². The lowest BCUT2D eigenvalue weighted by atomic mass is 10.0. The third kappa shape index (κ3) is 2.69. The summed E-state index contributed by atoms with van der Waals surface area (Å²) in [5.74, 6) is -2.84. The number of nitriles is 1. The van der Waals surface area contributed by atoms with Crippen LogP contribution >= 0.6 is 11.6 Å². The number of carbonyl (C=O) groups is 2. The van der Waals surface area contributed by atoms with Gasteiger partial charge in [-0.3, -0.25) is 9.59 Å². The molecule has 0 saturated carbocycles. The van der Waals surface area contributed by atoms with Crippen molar-refractivity contribution in [2.24, 2.45) is 5.92 Å². The van der Waals surface area contributed by atoms with Gasteiger partial charge in [-0.2, -0.15) is 5.26 Å². The molecule has 2 aromatic rings. The number of nitrogens with zero attached hydrogens (tertiary/aromatic N) is 4. The summed E-state index contributed by atoms with van der Waals surface area (Å²) in [4.78, 5) is 23.9. The number of amides is 1. The van der Waals surface area contributed by atoms with E-state index in [-0.39, 0.29) is 5.69 Å². The summed E-state index contributed by atoms with van der Waals surface area (Å²) in [5.41, 5.74) is 0.930. The van der Waals surface area contributed by atoms with Gasteiger partial charge in [-0.15, -0.1) is 5.10 Å². The van der Waals surface area contributed by atoms with E-state index in [1.807, 2.05) is 0 Å². The number of Topliss-reactive ketones (excluding diaryl/α,β-unsaturated/α-hetero) is 1. The maximum atomic E-state index is 12.3. The lowest BCUT2D eigenvalue weighted by molar-refractivity contribution is -0.121. The third-order valence-electron chi connectivity index (χ3n) is 3.11. The van der Waals surface area contributed by atoms with Gasteiger partial charge in [-0.25, -0.2) is 4.68 Å². The number of carbonyl (C=O) groups excluding carboxylic acids is 2. The average Bonchev–Trinajstić information content (AvgIpc) is 2.89. The molecule has 0 aliphatic rings. The van der Waals surface area contributed by atoms with Crippen molar-refractivity contribution in [1.82, 2.24) is 20.3 Å². The Morgan fingerprint density at radius 1 is 1.41 bits per heavy atom. The van der Waals surface area contributed by atoms with E-state index in [1.54, 1.807) is 37.3 Å². The molecule has 1 aromatic carbocycles. The van der Waals surface area contributed by atoms with Crippen LogP contribution in [-0.2, 0) is 4.79 Å². The Morgan fingerprint density at radius 2 is 2.09 bits per heavy atom. The highest BCUT2D eigenvalue weighted by atomic mass is 35.5. The van der Waals surface area contributed by atoms with Gasteiger partial charge in [-0.1, -0.05) is 28.9 Å². The molecule has 22 heavy (non-hydrogen) atoms. The first kappa shape index (κ1) is 15.7. The number of halogens is 1. The topological polar surface area (TPSA) is 101 Å². The Hall–Kier alpha value is -2.72. The molecular formula is C14H12ClN5O2. The molecular weight excluding hydrogens is 306 g/mol. The van der Waals surface area contributed by atoms with Crippen LogP contribution in [0.25, 0.3) is 5.69 Å². The van der Waals surface area contributed by atoms with Crippen molar-refractivity contribution in [3.8, 4) is 11.8 Å². The first-order chi connectivity index (χ1) is 10.5. The lowest BCUT2D eigenvalue weighted by Crippen LogP contribution is -2.32. The summed E-state index contributed by atoms with van der Waals surface area (Å²) in [6.07, 6.45) is 0. The minimum absolute atomic E-state index is 0.0323. The smallest absolute Gasteiger partial charge is 0.245 e. The highest BCUT2D eigenvalue weighted by Gasteiger charge is 2.31. The van der Waals surface area contributed by atoms with Crippen molar-refractivity contribution in [3.05, 3.63) is 40.7 Å². The van der Waals surface area contributed by atoms with Gasteiger partial charge in [0.15, 0.2) is 11.6 Å². The number of nitrogens with one attached hydrogen (secondary N) is 1. The van der Waals surface area contributed by atoms with Crippen LogP contribution in [0.15, 0.2) is 24.3 Å². The molecule has 1 amide bonds. The van der Waals surface area contributed by atoms with E-state index in [0.717, 1.165) is 0 Å². The van der Waals surface area contributed by atoms with E-state index in [9.17, 15) is 9.59 Å². The molecule has 1 heterocycles. The van der Waals surface area contributed by atoms with Crippen molar-refractivity contribution in [2.75, 3.05) is 7.05 Å². The van der Waals surface area contributed by atoms with Crippen LogP contribution in [0.1, 0.15) is 16.2 Å². The van der Waals surface area contributed by atoms with Crippen LogP contribution in [0.5, 0.6) is 0 Å². The Balaban J connectivity index is 2.44. The number of aromatic nitrogens is 3. The van der Waals surface area contributed by atoms with Crippen LogP contribution in [0, 0.1) is 24.2 Å². The van der Waals surface area contributed by atoms with Gasteiger partial charge in [0.05, 0.1) is 22.5 Å². The Labute approximate surface area is 131 Å². The lowest BCUT2D eigenvalue weighted by Gasteiger charge is -2.07. The first-order valence-corrected chi connectivity index (χ1v) is 6.71. The maximum absolute atomic E-state index is 12.3. The second-order valence-electron chi connectivity index (χ2n) is 4.43. The fourth-order valence-corrected chi connectivity index (χ4v) is 2.14. The molecule has 7 nitrogen and oxygen atoms in total. The third-order valence-corrected chi connectivity index (χ3v) is 3.43. The predicted molar refractivity (Wildman–Crippen MR) is 78.6 cm³/mol. The molecule has 112 valence electrons. The number of hydrogen-bond donors (Lipinski definition) is 1. The molecule has 0 aliphatic heterocycles. The maximum Gasteiger partial charge on any atom is 0.245 e. The molecule has 8 heteroatoms. The number of para-hydroxylation sites is 1. The Kier molecular flexibility index (Phi) is 4.53. The molecule has 0 aliphatic carbocycles. The van der Waals surface area contributed by atoms with Gasteiger partial charge in [0.2, 0.25) is 11.7 Å². The summed E-state index contributed by atoms with van der Waals surface area (Å²) in [6, 6.07) is 8.61. The Bertz CT molecular complexity index is 778. The average molecular weight is 318 g/mol. The zero-order valence-electron chi connectivity index (χ0n) is 11.9. The standard InChI is InChI=1S/C14H12ClN5O2/c1-8-12(13(21)9(7-16)14(22)17-2)18-19-20(8)11-6-4-3-5-10(11)15/h3-6,9H,1-2H3,(H,17,22). The number of benzene rings is 1. The second-order valence-corrected chi connectivity index (χ2v) is 4.83. The highest BCUT2D eigenvalue weighted by Crippen LogP contribution is 2.22. The number of hydrogen-bond acceptors (Lipinski definition) is 5. The SMILES string of the molecule is CNC(=O)C(C#N)C(=O)c1nnn(-c2ccccc2Cl)c1C. The molecule has 0 spiro atoms. The first-order valence-electron chi connectivity index (χ1n) is 6.34. The summed E-state index contributed by atoms with van der Waals surface area (Å²) >= 11 is 6.09. The van der Waals surface area contributed by atoms with Crippen molar-refractivity contribution < 1.29 is 9.59 Å². The Morgan fingerprint density at radius 3 is 2.68 bits per heavy atom. The predicted octanol–water partition coefficient (Wildman–Crippen LogP) is 1.30. The van der Waals surface area contributed by atoms with E-state index >= 15 is 0 Å². The minimum Gasteiger partial charge on any atom is -0.358 e. The molecule has 1 unspecified atom stereocenters. The molecule has 1 aromatic heterocycles. The van der Waals surface area contributed by atoms with E-state index < -0.39 is 17.6 Å². The van der Waals surface area contributed by atoms with Crippen LogP contribution in [0.2, 0.25) is 5.02 Å². The fourth-order valence-electron chi connectivity index (χ4n) is 1.93. The number of ketones is 1. The summed E-state index contributed by atoms with van der Waals surface area (Å²) < 4.78 is 1.40. The summed E-state index contributed by atoms with van der Waals surface area (Å²) in [5, 5.41) is 19.4. The van der Waals surface area contributed by atoms with Crippen LogP contribution in [0.3, 0.4) is 0 Å². The van der Waals surface area contributed by atoms with E-state index in [1.165, 1.54) is 11.7 Å². The van der Waals surface area contributed by atoms with Crippen molar-refractivity contribution in [3.63, 3.8) is 0 Å². The van der Waals surface area contributed by atoms with E-state index in [2.05, 4.69) is 15.6 Å². The summed E-state index contributed by atoms with van der Waals surface area (Å²) in [6.45, 7) is 1.62. The minimum atomic E-state index is -1.46. The van der Waals surface area contributed by atoms with Gasteiger partial charge < -0.3 is 5.32 Å². The van der Waals surface area contributed by atoms with E-state index in [4.69, 9.17) is 16.9 Å². The van der Waals surface area contributed by atoms with Crippen LogP contribution < -0.4 is 5.32 Å². The van der Waals surface area contributed by atoms with Crippen molar-refractivity contribution in [1.29, 1.82) is 5.26 Å². The normalized spacial score (nSPS) is 11.5. The largest absolute Gasteiger partial charge is 0.358 e. The molecule has 0 bridgehead atoms. The second kappa shape index (κ2) is 6.37. The molecule has 1 N–H and O–H groups in total. The summed E-state index contributed by atoms with van der Waals surface area (Å²) in [7, 11) is 1.35. The van der Waals surface area contributed by atoms with Gasteiger partial charge in [0, 0.05) is 7.05 Å². The van der Waals surface area contributed by atoms with Gasteiger partial charge in [0.1, 0.15) is 0 Å². The van der Waals surface area contributed by atoms with Crippen LogP contribution in [0.4, 0.5) is 0 Å². The van der Waals surface area contributed by atoms with Crippen molar-refractivity contribution >= 4 is 23.3 Å². The fraction of sp³-hybridized carbons (Fsp3) is 0.214. The van der Waals surface area contributed by atoms with Gasteiger partial charge in [0.25, 0.3) is 0 Å². The molecule has 0 radical (unpaired) electrons. The van der Waals surface area contributed by atoms with Crippen LogP contribution in [-0.4, -0.2) is 33.7 Å². The molecule has 1 atom stereocenters. The molecule has 0 fully saturated rings.